The maximum atomic E-state index is 2.59. The lowest BCUT2D eigenvalue weighted by Gasteiger charge is -2.29. The van der Waals surface area contributed by atoms with Gasteiger partial charge in [0.05, 0.1) is 0 Å². The van der Waals surface area contributed by atoms with Crippen LogP contribution >= 0.6 is 0 Å². The van der Waals surface area contributed by atoms with Crippen molar-refractivity contribution in [3.63, 3.8) is 0 Å². The van der Waals surface area contributed by atoms with Gasteiger partial charge in [0.2, 0.25) is 0 Å². The molecule has 0 atom stereocenters. The third kappa shape index (κ3) is 8.10. The Kier molecular flexibility index (Phi) is 11.4. The summed E-state index contributed by atoms with van der Waals surface area (Å²) in [4.78, 5) is 0. The van der Waals surface area contributed by atoms with Crippen LogP contribution in [0.3, 0.4) is 0 Å². The van der Waals surface area contributed by atoms with E-state index in [0.29, 0.717) is 0 Å². The summed E-state index contributed by atoms with van der Waals surface area (Å²) in [5.41, 5.74) is 25.7. The highest BCUT2D eigenvalue weighted by atomic mass is 14.4. The van der Waals surface area contributed by atoms with E-state index in [-0.39, 0.29) is 21.7 Å². The second kappa shape index (κ2) is 17.5. The molecular formula is C76H72. The van der Waals surface area contributed by atoms with Gasteiger partial charge in [0, 0.05) is 0 Å². The Balaban J connectivity index is 1.30. The summed E-state index contributed by atoms with van der Waals surface area (Å²) in [7, 11) is 0. The van der Waals surface area contributed by atoms with Gasteiger partial charge in [-0.3, -0.25) is 0 Å². The van der Waals surface area contributed by atoms with Crippen LogP contribution in [0.5, 0.6) is 0 Å². The van der Waals surface area contributed by atoms with E-state index in [1.54, 1.807) is 0 Å². The molecule has 0 aromatic heterocycles. The highest BCUT2D eigenvalue weighted by Crippen LogP contribution is 2.60. The van der Waals surface area contributed by atoms with Gasteiger partial charge in [0.1, 0.15) is 0 Å². The van der Waals surface area contributed by atoms with Gasteiger partial charge in [-0.05, 0) is 208 Å². The molecule has 0 aliphatic heterocycles. The SMILES string of the molecule is Cc1cccc(C)c1-c1ccc2c(-c3cc(C(C)(C)C)cc(C(C)(C)C)c3)c3c(c(-c4cc(C(C)(C)C)cc(C(C)(C)C)c4)c2c1)-c1cccc2c1c-3cc1c3ccccc3c(-c3ccccc3-c3ccccc3)cc21. The first-order valence-electron chi connectivity index (χ1n) is 27.7. The van der Waals surface area contributed by atoms with Crippen LogP contribution in [0, 0.1) is 13.8 Å². The van der Waals surface area contributed by atoms with Crippen LogP contribution < -0.4 is 0 Å². The zero-order valence-electron chi connectivity index (χ0n) is 47.3. The molecule has 11 aromatic rings. The Morgan fingerprint density at radius 2 is 0.671 bits per heavy atom. The molecule has 0 spiro atoms. The molecular weight excluding hydrogens is 913 g/mol. The smallest absolute Gasteiger partial charge is 0.000719 e. The molecule has 0 unspecified atom stereocenters. The fourth-order valence-corrected chi connectivity index (χ4v) is 12.6. The van der Waals surface area contributed by atoms with Gasteiger partial charge in [-0.1, -0.05) is 247 Å². The number of fused-ring (bicyclic) bond motifs is 8. The van der Waals surface area contributed by atoms with Gasteiger partial charge in [-0.25, -0.2) is 0 Å². The monoisotopic (exact) mass is 985 g/mol. The van der Waals surface area contributed by atoms with E-state index in [1.807, 2.05) is 0 Å². The first kappa shape index (κ1) is 49.3. The summed E-state index contributed by atoms with van der Waals surface area (Å²) in [6, 6.07) is 70.6. The molecule has 0 heteroatoms. The predicted octanol–water partition coefficient (Wildman–Crippen LogP) is 22.1. The summed E-state index contributed by atoms with van der Waals surface area (Å²) < 4.78 is 0. The van der Waals surface area contributed by atoms with E-state index in [0.717, 1.165) is 0 Å². The van der Waals surface area contributed by atoms with Crippen molar-refractivity contribution in [2.24, 2.45) is 0 Å². The third-order valence-corrected chi connectivity index (χ3v) is 16.8. The van der Waals surface area contributed by atoms with Crippen molar-refractivity contribution >= 4 is 43.1 Å². The van der Waals surface area contributed by atoms with Crippen LogP contribution in [-0.2, 0) is 21.7 Å². The van der Waals surface area contributed by atoms with E-state index in [9.17, 15) is 0 Å². The Morgan fingerprint density at radius 1 is 0.224 bits per heavy atom. The molecule has 0 nitrogen and oxygen atoms in total. The molecule has 0 fully saturated rings. The van der Waals surface area contributed by atoms with Crippen LogP contribution in [0.1, 0.15) is 116 Å². The van der Waals surface area contributed by atoms with Crippen molar-refractivity contribution in [1.29, 1.82) is 0 Å². The normalized spacial score (nSPS) is 12.9. The molecule has 1 aliphatic rings. The Labute approximate surface area is 452 Å². The van der Waals surface area contributed by atoms with Gasteiger partial charge >= 0.3 is 0 Å². The predicted molar refractivity (Wildman–Crippen MR) is 332 cm³/mol. The number of aryl methyl sites for hydroxylation is 2. The van der Waals surface area contributed by atoms with Gasteiger partial charge in [-0.2, -0.15) is 0 Å². The zero-order valence-corrected chi connectivity index (χ0v) is 47.3. The minimum absolute atomic E-state index is 0.0733. The molecule has 0 bridgehead atoms. The molecule has 376 valence electrons. The second-order valence-corrected chi connectivity index (χ2v) is 26.3. The quantitative estimate of drug-likeness (QED) is 0.151. The summed E-state index contributed by atoms with van der Waals surface area (Å²) in [5.74, 6) is 0. The van der Waals surface area contributed by atoms with Crippen LogP contribution in [0.15, 0.2) is 182 Å². The summed E-state index contributed by atoms with van der Waals surface area (Å²) in [6.45, 7) is 33.0. The average Bonchev–Trinajstić information content (AvgIpc) is 3.93. The molecule has 0 amide bonds. The fourth-order valence-electron chi connectivity index (χ4n) is 12.6. The van der Waals surface area contributed by atoms with Crippen molar-refractivity contribution in [1.82, 2.24) is 0 Å². The molecule has 0 radical (unpaired) electrons. The van der Waals surface area contributed by atoms with Gasteiger partial charge in [0.25, 0.3) is 0 Å². The van der Waals surface area contributed by atoms with E-state index in [1.165, 1.54) is 154 Å². The van der Waals surface area contributed by atoms with Crippen molar-refractivity contribution in [2.75, 3.05) is 0 Å². The molecule has 12 rings (SSSR count). The Morgan fingerprint density at radius 3 is 1.25 bits per heavy atom. The molecule has 0 N–H and O–H groups in total. The van der Waals surface area contributed by atoms with Crippen LogP contribution in [-0.4, -0.2) is 0 Å². The van der Waals surface area contributed by atoms with Crippen molar-refractivity contribution in [3.05, 3.63) is 215 Å². The maximum absolute atomic E-state index is 2.59. The largest absolute Gasteiger partial charge is 0.0622 e. The summed E-state index contributed by atoms with van der Waals surface area (Å²) in [5, 5.41) is 10.3. The standard InChI is InChI=1S/C76H72/c1-45-24-22-25-46(2)67(45)48-34-35-60-65(40-48)69(50-38-53(75(9,10)11)42-54(39-50)76(12,13)14)71-61-33-23-32-59-64-43-62(56-29-19-18-28-55(56)47-26-16-15-17-27-47)57-30-20-21-31-58(57)63(64)44-66(70(59)61)72(71)68(60)49-36-51(73(3,4)5)41-52(37-49)74(6,7)8/h15-44H,1-14H3. The number of hydrogen-bond acceptors (Lipinski definition) is 0. The topological polar surface area (TPSA) is 0 Å². The molecule has 0 saturated heterocycles. The molecule has 76 heavy (non-hydrogen) atoms. The molecule has 0 heterocycles. The first-order chi connectivity index (χ1) is 36.1. The van der Waals surface area contributed by atoms with E-state index < -0.39 is 0 Å². The lowest BCUT2D eigenvalue weighted by atomic mass is 9.75. The highest BCUT2D eigenvalue weighted by molar-refractivity contribution is 6.33. The maximum Gasteiger partial charge on any atom is -0.000719 e. The third-order valence-electron chi connectivity index (χ3n) is 16.8. The lowest BCUT2D eigenvalue weighted by Crippen LogP contribution is -2.17. The van der Waals surface area contributed by atoms with Gasteiger partial charge in [-0.15, -0.1) is 0 Å². The fraction of sp³-hybridized carbons (Fsp3) is 0.237. The highest BCUT2D eigenvalue weighted by Gasteiger charge is 2.34. The van der Waals surface area contributed by atoms with E-state index >= 15 is 0 Å². The number of rotatable bonds is 5. The Hall–Kier alpha value is -7.54. The summed E-state index contributed by atoms with van der Waals surface area (Å²) >= 11 is 0. The van der Waals surface area contributed by atoms with Gasteiger partial charge < -0.3 is 0 Å². The zero-order chi connectivity index (χ0) is 53.4. The second-order valence-electron chi connectivity index (χ2n) is 26.3. The van der Waals surface area contributed by atoms with Crippen molar-refractivity contribution in [2.45, 2.75) is 119 Å². The van der Waals surface area contributed by atoms with Crippen LogP contribution in [0.4, 0.5) is 0 Å². The average molecular weight is 985 g/mol. The van der Waals surface area contributed by atoms with Crippen molar-refractivity contribution < 1.29 is 0 Å². The minimum atomic E-state index is -0.0757. The molecule has 0 saturated carbocycles. The number of benzene rings is 11. The lowest BCUT2D eigenvalue weighted by molar-refractivity contribution is 0.568. The van der Waals surface area contributed by atoms with Crippen molar-refractivity contribution in [3.8, 4) is 77.9 Å². The molecule has 11 aromatic carbocycles. The number of hydrogen-bond donors (Lipinski definition) is 0. The summed E-state index contributed by atoms with van der Waals surface area (Å²) in [6.07, 6.45) is 0. The van der Waals surface area contributed by atoms with Crippen LogP contribution in [0.2, 0.25) is 0 Å². The Bertz CT molecular complexity index is 4100. The molecule has 1 aliphatic carbocycles. The first-order valence-corrected chi connectivity index (χ1v) is 27.7. The van der Waals surface area contributed by atoms with E-state index in [2.05, 4.69) is 279 Å². The van der Waals surface area contributed by atoms with Gasteiger partial charge in [0.15, 0.2) is 0 Å². The minimum Gasteiger partial charge on any atom is -0.0622 e. The van der Waals surface area contributed by atoms with Crippen LogP contribution in [0.25, 0.3) is 121 Å². The van der Waals surface area contributed by atoms with E-state index in [4.69, 9.17) is 0 Å².